The van der Waals surface area contributed by atoms with E-state index in [-0.39, 0.29) is 24.3 Å². The van der Waals surface area contributed by atoms with E-state index in [9.17, 15) is 9.59 Å². The van der Waals surface area contributed by atoms with Gasteiger partial charge in [-0.15, -0.1) is 0 Å². The van der Waals surface area contributed by atoms with Gasteiger partial charge in [0.25, 0.3) is 11.8 Å². The maximum absolute atomic E-state index is 13.3. The van der Waals surface area contributed by atoms with Crippen molar-refractivity contribution < 1.29 is 23.8 Å². The fourth-order valence-electron chi connectivity index (χ4n) is 4.16. The lowest BCUT2D eigenvalue weighted by Gasteiger charge is -2.27. The van der Waals surface area contributed by atoms with Gasteiger partial charge in [-0.3, -0.25) is 19.4 Å². The summed E-state index contributed by atoms with van der Waals surface area (Å²) in [7, 11) is 0. The first-order valence-electron chi connectivity index (χ1n) is 10.8. The van der Waals surface area contributed by atoms with Crippen molar-refractivity contribution >= 4 is 23.1 Å². The van der Waals surface area contributed by atoms with Crippen LogP contribution in [0.2, 0.25) is 0 Å². The van der Waals surface area contributed by atoms with Crippen molar-refractivity contribution in [2.24, 2.45) is 0 Å². The number of carbonyl (C=O) groups excluding carboxylic acids is 2. The number of amides is 2. The molecule has 1 N–H and O–H groups in total. The van der Waals surface area contributed by atoms with E-state index < -0.39 is 0 Å². The van der Waals surface area contributed by atoms with E-state index in [0.29, 0.717) is 34.9 Å². The Bertz CT molecular complexity index is 1050. The minimum absolute atomic E-state index is 0.172. The summed E-state index contributed by atoms with van der Waals surface area (Å²) in [5.74, 6) is 0.683. The molecule has 2 aromatic carbocycles. The number of hydrogen-bond acceptors (Lipinski definition) is 7. The zero-order chi connectivity index (χ0) is 21.9. The molecule has 0 aromatic heterocycles. The number of nitrogens with one attached hydrogen (secondary N) is 1. The van der Waals surface area contributed by atoms with Crippen LogP contribution in [0.3, 0.4) is 0 Å². The lowest BCUT2D eigenvalue weighted by Crippen LogP contribution is -2.39. The minimum Gasteiger partial charge on any atom is -0.454 e. The van der Waals surface area contributed by atoms with Gasteiger partial charge in [-0.1, -0.05) is 30.3 Å². The zero-order valence-electron chi connectivity index (χ0n) is 17.7. The predicted octanol–water partition coefficient (Wildman–Crippen LogP) is 2.33. The van der Waals surface area contributed by atoms with Gasteiger partial charge >= 0.3 is 0 Å². The Kier molecular flexibility index (Phi) is 5.79. The molecule has 5 rings (SSSR count). The average molecular weight is 435 g/mol. The van der Waals surface area contributed by atoms with Crippen molar-refractivity contribution in [1.29, 1.82) is 0 Å². The Balaban J connectivity index is 1.37. The molecule has 0 unspecified atom stereocenters. The number of anilines is 1. The first kappa shape index (κ1) is 20.5. The van der Waals surface area contributed by atoms with Crippen LogP contribution in [0.4, 0.5) is 5.69 Å². The highest BCUT2D eigenvalue weighted by molar-refractivity contribution is 6.36. The number of morpholine rings is 1. The molecule has 8 nitrogen and oxygen atoms in total. The molecule has 0 spiro atoms. The number of carbonyl (C=O) groups is 2. The molecule has 0 bridgehead atoms. The zero-order valence-corrected chi connectivity index (χ0v) is 17.7. The van der Waals surface area contributed by atoms with E-state index in [0.717, 1.165) is 39.3 Å². The average Bonchev–Trinajstić information content (AvgIpc) is 3.38. The van der Waals surface area contributed by atoms with E-state index in [1.54, 1.807) is 12.1 Å². The minimum atomic E-state index is -0.312. The van der Waals surface area contributed by atoms with Crippen LogP contribution < -0.4 is 14.8 Å². The van der Waals surface area contributed by atoms with E-state index in [1.807, 2.05) is 36.4 Å². The number of nitrogens with zero attached hydrogens (tertiary/aromatic N) is 2. The lowest BCUT2D eigenvalue weighted by molar-refractivity contribution is -0.136. The van der Waals surface area contributed by atoms with Crippen LogP contribution in [0.25, 0.3) is 5.57 Å². The molecule has 2 aromatic rings. The van der Waals surface area contributed by atoms with Crippen LogP contribution in [0.15, 0.2) is 54.2 Å². The standard InChI is InChI=1S/C24H25N3O5/c28-23-21(17-5-2-1-3-6-17)22(25-18-7-8-19-20(15-18)32-16-31-19)24(29)27(23)10-4-9-26-11-13-30-14-12-26/h1-3,5-8,15,25H,4,9-14,16H2. The van der Waals surface area contributed by atoms with Crippen LogP contribution >= 0.6 is 0 Å². The predicted molar refractivity (Wildman–Crippen MR) is 118 cm³/mol. The monoisotopic (exact) mass is 435 g/mol. The highest BCUT2D eigenvalue weighted by Gasteiger charge is 2.39. The van der Waals surface area contributed by atoms with Gasteiger partial charge in [0, 0.05) is 37.9 Å². The van der Waals surface area contributed by atoms with E-state index >= 15 is 0 Å². The third-order valence-corrected chi connectivity index (χ3v) is 5.83. The van der Waals surface area contributed by atoms with Crippen LogP contribution in [0.1, 0.15) is 12.0 Å². The Morgan fingerprint density at radius 1 is 0.875 bits per heavy atom. The number of rotatable bonds is 7. The van der Waals surface area contributed by atoms with Gasteiger partial charge in [-0.2, -0.15) is 0 Å². The van der Waals surface area contributed by atoms with E-state index in [4.69, 9.17) is 14.2 Å². The summed E-state index contributed by atoms with van der Waals surface area (Å²) in [6.07, 6.45) is 0.719. The topological polar surface area (TPSA) is 80.3 Å². The summed E-state index contributed by atoms with van der Waals surface area (Å²) in [5.41, 5.74) is 2.05. The van der Waals surface area contributed by atoms with Crippen LogP contribution in [-0.4, -0.2) is 67.8 Å². The van der Waals surface area contributed by atoms with Crippen molar-refractivity contribution in [3.05, 3.63) is 59.8 Å². The van der Waals surface area contributed by atoms with E-state index in [1.165, 1.54) is 4.90 Å². The third kappa shape index (κ3) is 4.06. The Hall–Kier alpha value is -3.36. The maximum atomic E-state index is 13.3. The molecule has 3 aliphatic rings. The fraction of sp³-hybridized carbons (Fsp3) is 0.333. The normalized spacial score (nSPS) is 18.6. The molecule has 0 saturated carbocycles. The maximum Gasteiger partial charge on any atom is 0.278 e. The van der Waals surface area contributed by atoms with Crippen LogP contribution in [0, 0.1) is 0 Å². The van der Waals surface area contributed by atoms with Crippen molar-refractivity contribution in [3.8, 4) is 11.5 Å². The molecule has 166 valence electrons. The highest BCUT2D eigenvalue weighted by Crippen LogP contribution is 2.36. The summed E-state index contributed by atoms with van der Waals surface area (Å²) in [6, 6.07) is 14.7. The molecular weight excluding hydrogens is 410 g/mol. The molecule has 1 saturated heterocycles. The number of imide groups is 1. The summed E-state index contributed by atoms with van der Waals surface area (Å²) in [5, 5.41) is 3.17. The lowest BCUT2D eigenvalue weighted by atomic mass is 10.0. The second kappa shape index (κ2) is 9.02. The molecule has 8 heteroatoms. The molecule has 1 fully saturated rings. The third-order valence-electron chi connectivity index (χ3n) is 5.83. The second-order valence-electron chi connectivity index (χ2n) is 7.88. The number of benzene rings is 2. The number of fused-ring (bicyclic) bond motifs is 1. The largest absolute Gasteiger partial charge is 0.454 e. The van der Waals surface area contributed by atoms with Crippen molar-refractivity contribution in [1.82, 2.24) is 9.80 Å². The molecule has 0 radical (unpaired) electrons. The van der Waals surface area contributed by atoms with Crippen LogP contribution in [-0.2, 0) is 14.3 Å². The molecular formula is C24H25N3O5. The van der Waals surface area contributed by atoms with E-state index in [2.05, 4.69) is 10.2 Å². The SMILES string of the molecule is O=C1C(Nc2ccc3c(c2)OCO3)=C(c2ccccc2)C(=O)N1CCCN1CCOCC1. The summed E-state index contributed by atoms with van der Waals surface area (Å²) >= 11 is 0. The molecule has 3 aliphatic heterocycles. The van der Waals surface area contributed by atoms with Gasteiger partial charge in [0.05, 0.1) is 18.8 Å². The first-order valence-corrected chi connectivity index (χ1v) is 10.8. The molecule has 0 aliphatic carbocycles. The van der Waals surface area contributed by atoms with Gasteiger partial charge in [0.1, 0.15) is 5.70 Å². The fourth-order valence-corrected chi connectivity index (χ4v) is 4.16. The highest BCUT2D eigenvalue weighted by atomic mass is 16.7. The Morgan fingerprint density at radius 3 is 2.47 bits per heavy atom. The summed E-state index contributed by atoms with van der Waals surface area (Å²) in [4.78, 5) is 30.3. The Labute approximate surface area is 186 Å². The van der Waals surface area contributed by atoms with Gasteiger partial charge in [0.2, 0.25) is 6.79 Å². The summed E-state index contributed by atoms with van der Waals surface area (Å²) < 4.78 is 16.2. The number of ether oxygens (including phenoxy) is 3. The molecule has 0 atom stereocenters. The quantitative estimate of drug-likeness (QED) is 0.669. The van der Waals surface area contributed by atoms with Crippen molar-refractivity contribution in [2.45, 2.75) is 6.42 Å². The van der Waals surface area contributed by atoms with Gasteiger partial charge < -0.3 is 19.5 Å². The molecule has 3 heterocycles. The van der Waals surface area contributed by atoms with Crippen molar-refractivity contribution in [2.75, 3.05) is 51.5 Å². The smallest absolute Gasteiger partial charge is 0.278 e. The van der Waals surface area contributed by atoms with Crippen LogP contribution in [0.5, 0.6) is 11.5 Å². The second-order valence-corrected chi connectivity index (χ2v) is 7.88. The molecule has 2 amide bonds. The first-order chi connectivity index (χ1) is 15.7. The number of hydrogen-bond donors (Lipinski definition) is 1. The summed E-state index contributed by atoms with van der Waals surface area (Å²) in [6.45, 7) is 4.59. The van der Waals surface area contributed by atoms with Crippen molar-refractivity contribution in [3.63, 3.8) is 0 Å². The van der Waals surface area contributed by atoms with Gasteiger partial charge in [-0.25, -0.2) is 0 Å². The molecule has 32 heavy (non-hydrogen) atoms. The van der Waals surface area contributed by atoms with Gasteiger partial charge in [-0.05, 0) is 24.1 Å². The Morgan fingerprint density at radius 2 is 1.66 bits per heavy atom. The van der Waals surface area contributed by atoms with Gasteiger partial charge in [0.15, 0.2) is 11.5 Å².